The smallest absolute Gasteiger partial charge is 0.258 e. The monoisotopic (exact) mass is 655 g/mol. The zero-order chi connectivity index (χ0) is 34.4. The van der Waals surface area contributed by atoms with Crippen molar-refractivity contribution in [2.75, 3.05) is 6.54 Å². The molecule has 2 aliphatic rings. The fraction of sp³-hybridized carbons (Fsp3) is 0.657. The van der Waals surface area contributed by atoms with E-state index < -0.39 is 38.3 Å². The molecule has 11 heteroatoms. The molecule has 1 saturated heterocycles. The van der Waals surface area contributed by atoms with Gasteiger partial charge in [-0.2, -0.15) is 0 Å². The maximum atomic E-state index is 13.7. The third kappa shape index (κ3) is 9.74. The van der Waals surface area contributed by atoms with Gasteiger partial charge in [-0.05, 0) is 80.8 Å². The van der Waals surface area contributed by atoms with Crippen molar-refractivity contribution in [1.29, 1.82) is 0 Å². The molecule has 2 unspecified atom stereocenters. The lowest BCUT2D eigenvalue weighted by atomic mass is 9.96. The van der Waals surface area contributed by atoms with Crippen molar-refractivity contribution in [3.8, 4) is 0 Å². The van der Waals surface area contributed by atoms with Crippen LogP contribution in [0.15, 0.2) is 30.3 Å². The summed E-state index contributed by atoms with van der Waals surface area (Å²) in [7, 11) is -2.23. The zero-order valence-electron chi connectivity index (χ0n) is 29.5. The largest absolute Gasteiger partial charge is 0.413 e. The molecule has 256 valence electrons. The molecule has 3 rings (SSSR count). The Morgan fingerprint density at radius 3 is 2.24 bits per heavy atom. The minimum Gasteiger partial charge on any atom is -0.413 e. The lowest BCUT2D eigenvalue weighted by molar-refractivity contribution is -0.143. The maximum Gasteiger partial charge on any atom is 0.258 e. The number of hydrazine groups is 1. The highest BCUT2D eigenvalue weighted by Crippen LogP contribution is 2.39. The van der Waals surface area contributed by atoms with Gasteiger partial charge in [0.15, 0.2) is 8.32 Å². The van der Waals surface area contributed by atoms with Crippen LogP contribution in [0, 0.1) is 11.8 Å². The minimum absolute atomic E-state index is 0.0430. The predicted molar refractivity (Wildman–Crippen MR) is 185 cm³/mol. The molecular formula is C35H57N5O5Si. The second kappa shape index (κ2) is 15.7. The van der Waals surface area contributed by atoms with Crippen LogP contribution in [0.1, 0.15) is 98.2 Å². The van der Waals surface area contributed by atoms with E-state index in [4.69, 9.17) is 4.43 Å². The molecule has 2 heterocycles. The van der Waals surface area contributed by atoms with E-state index in [1.807, 2.05) is 45.9 Å². The molecule has 0 spiro atoms. The summed E-state index contributed by atoms with van der Waals surface area (Å²) in [4.78, 5) is 53.9. The van der Waals surface area contributed by atoms with E-state index in [1.165, 1.54) is 5.01 Å². The van der Waals surface area contributed by atoms with E-state index in [0.717, 1.165) is 11.1 Å². The number of benzene rings is 1. The van der Waals surface area contributed by atoms with Crippen molar-refractivity contribution < 1.29 is 23.6 Å². The molecule has 6 atom stereocenters. The summed E-state index contributed by atoms with van der Waals surface area (Å²) in [5, 5.41) is 10.3. The van der Waals surface area contributed by atoms with Crippen molar-refractivity contribution >= 4 is 38.0 Å². The predicted octanol–water partition coefficient (Wildman–Crippen LogP) is 4.84. The average molecular weight is 656 g/mol. The van der Waals surface area contributed by atoms with Gasteiger partial charge in [0.05, 0.1) is 18.1 Å². The Bertz CT molecular complexity index is 1280. The number of hydrogen-bond donors (Lipinski definition) is 4. The number of rotatable bonds is 3. The molecule has 1 aromatic carbocycles. The summed E-state index contributed by atoms with van der Waals surface area (Å²) in [6.07, 6.45) is 6.38. The number of carbonyl (C=O) groups is 4. The Labute approximate surface area is 277 Å². The molecular weight excluding hydrogens is 599 g/mol. The summed E-state index contributed by atoms with van der Waals surface area (Å²) in [6.45, 7) is 20.5. The fourth-order valence-electron chi connectivity index (χ4n) is 5.50. The van der Waals surface area contributed by atoms with Gasteiger partial charge >= 0.3 is 0 Å². The summed E-state index contributed by atoms with van der Waals surface area (Å²) < 4.78 is 6.83. The number of hydrogen-bond acceptors (Lipinski definition) is 6. The summed E-state index contributed by atoms with van der Waals surface area (Å²) in [5.74, 6) is -1.93. The van der Waals surface area contributed by atoms with Crippen LogP contribution < -0.4 is 21.4 Å². The molecule has 46 heavy (non-hydrogen) atoms. The molecule has 4 amide bonds. The standard InChI is InChI=1S/C35H57N5O5Si/c1-22(2)30-33(43)37-25(5)34(44)40-20-14-18-28(39-40)32(42)36-24(4)27-17-13-16-26(21-27)15-11-12-19-29(23(3)31(41)38-30)45-46(9,10)35(6,7)8/h11,13,15-17,21-25,28-30,39H,12,14,18-20H2,1-10H3,(H,36,42)(H,37,43)(H,38,41)/b15-11+/t23-,24-,25?,28+,29-,30?/m1/s1. The molecule has 1 aromatic rings. The highest BCUT2D eigenvalue weighted by Gasteiger charge is 2.41. The first-order chi connectivity index (χ1) is 21.4. The number of nitrogens with zero attached hydrogens (tertiary/aromatic N) is 1. The quantitative estimate of drug-likeness (QED) is 0.345. The van der Waals surface area contributed by atoms with E-state index in [2.05, 4.69) is 73.5 Å². The molecule has 2 aliphatic heterocycles. The van der Waals surface area contributed by atoms with Crippen molar-refractivity contribution in [2.45, 2.75) is 129 Å². The van der Waals surface area contributed by atoms with E-state index in [-0.39, 0.29) is 40.8 Å². The maximum absolute atomic E-state index is 13.7. The summed E-state index contributed by atoms with van der Waals surface area (Å²) in [6, 6.07) is 5.55. The first-order valence-electron chi connectivity index (χ1n) is 16.8. The van der Waals surface area contributed by atoms with Crippen molar-refractivity contribution in [2.24, 2.45) is 11.8 Å². The Hall–Kier alpha value is -3.02. The highest BCUT2D eigenvalue weighted by atomic mass is 28.4. The topological polar surface area (TPSA) is 129 Å². The van der Waals surface area contributed by atoms with E-state index in [1.54, 1.807) is 6.92 Å². The molecule has 0 radical (unpaired) electrons. The highest BCUT2D eigenvalue weighted by molar-refractivity contribution is 6.74. The molecule has 0 aromatic heterocycles. The number of allylic oxidation sites excluding steroid dienone is 1. The number of nitrogens with one attached hydrogen (secondary N) is 4. The summed E-state index contributed by atoms with van der Waals surface area (Å²) >= 11 is 0. The van der Waals surface area contributed by atoms with E-state index in [9.17, 15) is 19.2 Å². The van der Waals surface area contributed by atoms with Gasteiger partial charge in [-0.3, -0.25) is 24.2 Å². The van der Waals surface area contributed by atoms with Crippen LogP contribution in [0.25, 0.3) is 6.08 Å². The van der Waals surface area contributed by atoms with Gasteiger partial charge in [0.25, 0.3) is 5.91 Å². The lowest BCUT2D eigenvalue weighted by Crippen LogP contribution is -2.62. The number of fused-ring (bicyclic) bond motifs is 4. The molecule has 0 aliphatic carbocycles. The van der Waals surface area contributed by atoms with Crippen LogP contribution in [0.3, 0.4) is 0 Å². The van der Waals surface area contributed by atoms with E-state index >= 15 is 0 Å². The van der Waals surface area contributed by atoms with Crippen molar-refractivity contribution in [1.82, 2.24) is 26.4 Å². The van der Waals surface area contributed by atoms with Crippen LogP contribution in [-0.4, -0.2) is 67.7 Å². The molecule has 0 saturated carbocycles. The molecule has 1 fully saturated rings. The molecule has 4 bridgehead atoms. The zero-order valence-corrected chi connectivity index (χ0v) is 30.5. The van der Waals surface area contributed by atoms with Crippen LogP contribution in [0.2, 0.25) is 18.1 Å². The summed E-state index contributed by atoms with van der Waals surface area (Å²) in [5.41, 5.74) is 5.06. The lowest BCUT2D eigenvalue weighted by Gasteiger charge is -2.41. The Kier molecular flexibility index (Phi) is 12.8. The van der Waals surface area contributed by atoms with Gasteiger partial charge in [-0.1, -0.05) is 71.9 Å². The second-order valence-electron chi connectivity index (χ2n) is 14.9. The second-order valence-corrected chi connectivity index (χ2v) is 19.6. The van der Waals surface area contributed by atoms with Crippen molar-refractivity contribution in [3.63, 3.8) is 0 Å². The fourth-order valence-corrected chi connectivity index (χ4v) is 6.93. The number of carbonyl (C=O) groups excluding carboxylic acids is 4. The number of amides is 4. The Morgan fingerprint density at radius 1 is 0.913 bits per heavy atom. The van der Waals surface area contributed by atoms with Crippen LogP contribution in [0.4, 0.5) is 0 Å². The van der Waals surface area contributed by atoms with Gasteiger partial charge in [0, 0.05) is 6.54 Å². The van der Waals surface area contributed by atoms with Crippen LogP contribution >= 0.6 is 0 Å². The van der Waals surface area contributed by atoms with Gasteiger partial charge in [0.1, 0.15) is 18.1 Å². The van der Waals surface area contributed by atoms with Crippen LogP contribution in [0.5, 0.6) is 0 Å². The van der Waals surface area contributed by atoms with Gasteiger partial charge in [-0.25, -0.2) is 5.43 Å². The Balaban J connectivity index is 1.95. The normalized spacial score (nSPS) is 28.8. The third-order valence-corrected chi connectivity index (χ3v) is 14.2. The Morgan fingerprint density at radius 2 is 1.59 bits per heavy atom. The van der Waals surface area contributed by atoms with E-state index in [0.29, 0.717) is 32.2 Å². The SMILES string of the molecule is CC1NC(=O)C(C(C)C)NC(=O)[C@H](C)[C@H](O[Si](C)(C)C(C)(C)C)CC/C=C/c2cccc(c2)[C@@H](C)NC(=O)[C@@H]2CCCN(N2)C1=O. The van der Waals surface area contributed by atoms with Crippen LogP contribution in [-0.2, 0) is 23.6 Å². The minimum atomic E-state index is -2.23. The molecule has 4 N–H and O–H groups in total. The van der Waals surface area contributed by atoms with Gasteiger partial charge in [-0.15, -0.1) is 0 Å². The first kappa shape index (κ1) is 37.4. The molecule has 10 nitrogen and oxygen atoms in total. The average Bonchev–Trinajstić information content (AvgIpc) is 2.99. The van der Waals surface area contributed by atoms with Gasteiger partial charge in [0.2, 0.25) is 17.7 Å². The third-order valence-electron chi connectivity index (χ3n) is 9.67. The van der Waals surface area contributed by atoms with Gasteiger partial charge < -0.3 is 20.4 Å². The first-order valence-corrected chi connectivity index (χ1v) is 19.7. The van der Waals surface area contributed by atoms with Crippen molar-refractivity contribution in [3.05, 3.63) is 41.5 Å².